The van der Waals surface area contributed by atoms with E-state index in [9.17, 15) is 4.79 Å². The van der Waals surface area contributed by atoms with Crippen LogP contribution < -0.4 is 5.73 Å². The molecule has 1 aliphatic heterocycles. The average Bonchev–Trinajstić information content (AvgIpc) is 2.90. The molecule has 1 aromatic carbocycles. The highest BCUT2D eigenvalue weighted by atomic mass is 79.9. The molecule has 1 saturated heterocycles. The molecule has 24 heavy (non-hydrogen) atoms. The first-order chi connectivity index (χ1) is 11.2. The number of ether oxygens (including phenoxy) is 1. The summed E-state index contributed by atoms with van der Waals surface area (Å²) in [6.45, 7) is 7.02. The van der Waals surface area contributed by atoms with Gasteiger partial charge in [0, 0.05) is 34.8 Å². The van der Waals surface area contributed by atoms with Crippen molar-refractivity contribution in [1.29, 1.82) is 0 Å². The fourth-order valence-corrected chi connectivity index (χ4v) is 3.53. The summed E-state index contributed by atoms with van der Waals surface area (Å²) in [6.07, 6.45) is 3.52. The quantitative estimate of drug-likeness (QED) is 0.742. The number of hydrogen-bond acceptors (Lipinski definition) is 4. The molecule has 130 valence electrons. The van der Waals surface area contributed by atoms with Crippen molar-refractivity contribution in [1.82, 2.24) is 14.7 Å². The van der Waals surface area contributed by atoms with Gasteiger partial charge in [-0.15, -0.1) is 0 Å². The van der Waals surface area contributed by atoms with E-state index in [0.29, 0.717) is 18.8 Å². The highest BCUT2D eigenvalue weighted by Gasteiger charge is 2.28. The largest absolute Gasteiger partial charge is 0.444 e. The molecule has 7 heteroatoms. The van der Waals surface area contributed by atoms with Gasteiger partial charge in [0.15, 0.2) is 0 Å². The maximum absolute atomic E-state index is 12.1. The molecular formula is C17H23BrN4O2. The molecule has 0 atom stereocenters. The molecule has 0 spiro atoms. The number of halogens is 1. The molecule has 2 N–H and O–H groups in total. The summed E-state index contributed by atoms with van der Waals surface area (Å²) in [5.74, 6) is 0. The van der Waals surface area contributed by atoms with Gasteiger partial charge < -0.3 is 15.4 Å². The number of anilines is 1. The molecule has 1 amide bonds. The van der Waals surface area contributed by atoms with Crippen LogP contribution in [0.3, 0.4) is 0 Å². The SMILES string of the molecule is CC(C)(C)OC(=O)N1CCC(n2cc3cc(N)cc(Br)c3n2)CC1. The number of amides is 1. The van der Waals surface area contributed by atoms with Crippen molar-refractivity contribution >= 4 is 38.6 Å². The predicted molar refractivity (Wildman–Crippen MR) is 97.9 cm³/mol. The Morgan fingerprint density at radius 1 is 1.33 bits per heavy atom. The Morgan fingerprint density at radius 2 is 2.00 bits per heavy atom. The van der Waals surface area contributed by atoms with Crippen LogP contribution in [0.15, 0.2) is 22.8 Å². The molecule has 2 aromatic rings. The molecule has 0 bridgehead atoms. The van der Waals surface area contributed by atoms with Crippen molar-refractivity contribution in [2.45, 2.75) is 45.3 Å². The van der Waals surface area contributed by atoms with Gasteiger partial charge in [-0.3, -0.25) is 4.68 Å². The van der Waals surface area contributed by atoms with Crippen molar-refractivity contribution in [3.05, 3.63) is 22.8 Å². The van der Waals surface area contributed by atoms with E-state index in [4.69, 9.17) is 10.5 Å². The number of aromatic nitrogens is 2. The smallest absolute Gasteiger partial charge is 0.410 e. The Kier molecular flexibility index (Phi) is 4.46. The third-order valence-corrected chi connectivity index (χ3v) is 4.70. The molecular weight excluding hydrogens is 372 g/mol. The normalized spacial score (nSPS) is 16.6. The number of benzene rings is 1. The van der Waals surface area contributed by atoms with Gasteiger partial charge >= 0.3 is 6.09 Å². The minimum Gasteiger partial charge on any atom is -0.444 e. The standard InChI is InChI=1S/C17H23BrN4O2/c1-17(2,3)24-16(23)21-6-4-13(5-7-21)22-10-11-8-12(19)9-14(18)15(11)20-22/h8-10,13H,4-7,19H2,1-3H3. The molecule has 0 unspecified atom stereocenters. The van der Waals surface area contributed by atoms with Gasteiger partial charge in [0.2, 0.25) is 0 Å². The Bertz CT molecular complexity index is 758. The van der Waals surface area contributed by atoms with Gasteiger partial charge in [0.1, 0.15) is 11.1 Å². The number of hydrogen-bond donors (Lipinski definition) is 1. The topological polar surface area (TPSA) is 73.4 Å². The molecule has 1 fully saturated rings. The summed E-state index contributed by atoms with van der Waals surface area (Å²) in [4.78, 5) is 13.9. The second kappa shape index (κ2) is 6.27. The first kappa shape index (κ1) is 17.1. The maximum atomic E-state index is 12.1. The number of fused-ring (bicyclic) bond motifs is 1. The van der Waals surface area contributed by atoms with Crippen LogP contribution >= 0.6 is 15.9 Å². The van der Waals surface area contributed by atoms with E-state index >= 15 is 0 Å². The van der Waals surface area contributed by atoms with Crippen LogP contribution in [0.2, 0.25) is 0 Å². The van der Waals surface area contributed by atoms with Crippen LogP contribution in [-0.2, 0) is 4.74 Å². The fourth-order valence-electron chi connectivity index (χ4n) is 2.96. The molecule has 1 aliphatic rings. The zero-order valence-corrected chi connectivity index (χ0v) is 15.8. The summed E-state index contributed by atoms with van der Waals surface area (Å²) < 4.78 is 8.35. The van der Waals surface area contributed by atoms with Gasteiger partial charge in [-0.25, -0.2) is 4.79 Å². The molecule has 0 saturated carbocycles. The number of carbonyl (C=O) groups excluding carboxylic acids is 1. The number of nitrogens with two attached hydrogens (primary N) is 1. The maximum Gasteiger partial charge on any atom is 0.410 e. The lowest BCUT2D eigenvalue weighted by Crippen LogP contribution is -2.42. The van der Waals surface area contributed by atoms with Crippen molar-refractivity contribution in [3.63, 3.8) is 0 Å². The molecule has 0 aliphatic carbocycles. The van der Waals surface area contributed by atoms with Crippen LogP contribution in [0, 0.1) is 0 Å². The van der Waals surface area contributed by atoms with Gasteiger partial charge in [-0.1, -0.05) is 0 Å². The second-order valence-electron chi connectivity index (χ2n) is 7.25. The van der Waals surface area contributed by atoms with E-state index in [1.807, 2.05) is 43.8 Å². The van der Waals surface area contributed by atoms with Crippen LogP contribution in [-0.4, -0.2) is 39.5 Å². The Labute approximate surface area is 150 Å². The Hall–Kier alpha value is -1.76. The summed E-state index contributed by atoms with van der Waals surface area (Å²) in [5.41, 5.74) is 7.06. The Balaban J connectivity index is 1.69. The van der Waals surface area contributed by atoms with E-state index < -0.39 is 5.60 Å². The number of piperidine rings is 1. The van der Waals surface area contributed by atoms with Gasteiger partial charge in [0.05, 0.1) is 6.04 Å². The monoisotopic (exact) mass is 394 g/mol. The minimum absolute atomic E-state index is 0.234. The summed E-state index contributed by atoms with van der Waals surface area (Å²) in [7, 11) is 0. The first-order valence-corrected chi connectivity index (χ1v) is 8.94. The second-order valence-corrected chi connectivity index (χ2v) is 8.10. The fraction of sp³-hybridized carbons (Fsp3) is 0.529. The minimum atomic E-state index is -0.458. The van der Waals surface area contributed by atoms with Crippen LogP contribution in [0.25, 0.3) is 10.9 Å². The van der Waals surface area contributed by atoms with Crippen molar-refractivity contribution < 1.29 is 9.53 Å². The number of nitrogen functional groups attached to an aromatic ring is 1. The van der Waals surface area contributed by atoms with Gasteiger partial charge in [-0.2, -0.15) is 5.10 Å². The van der Waals surface area contributed by atoms with Crippen LogP contribution in [0.5, 0.6) is 0 Å². The first-order valence-electron chi connectivity index (χ1n) is 8.15. The third-order valence-electron chi connectivity index (χ3n) is 4.09. The predicted octanol–water partition coefficient (Wildman–Crippen LogP) is 3.95. The lowest BCUT2D eigenvalue weighted by Gasteiger charge is -2.33. The van der Waals surface area contributed by atoms with E-state index in [0.717, 1.165) is 28.2 Å². The molecule has 0 radical (unpaired) electrons. The average molecular weight is 395 g/mol. The van der Waals surface area contributed by atoms with Crippen molar-refractivity contribution in [2.24, 2.45) is 0 Å². The van der Waals surface area contributed by atoms with E-state index in [2.05, 4.69) is 21.0 Å². The molecule has 6 nitrogen and oxygen atoms in total. The zero-order valence-electron chi connectivity index (χ0n) is 14.3. The molecule has 2 heterocycles. The molecule has 1 aromatic heterocycles. The van der Waals surface area contributed by atoms with E-state index in [1.165, 1.54) is 0 Å². The highest BCUT2D eigenvalue weighted by molar-refractivity contribution is 9.10. The summed E-state index contributed by atoms with van der Waals surface area (Å²) >= 11 is 3.52. The van der Waals surface area contributed by atoms with Crippen molar-refractivity contribution in [2.75, 3.05) is 18.8 Å². The highest BCUT2D eigenvalue weighted by Crippen LogP contribution is 2.29. The third kappa shape index (κ3) is 3.66. The van der Waals surface area contributed by atoms with Gasteiger partial charge in [0.25, 0.3) is 0 Å². The number of carbonyl (C=O) groups is 1. The van der Waals surface area contributed by atoms with E-state index in [-0.39, 0.29) is 12.1 Å². The number of rotatable bonds is 1. The van der Waals surface area contributed by atoms with Crippen LogP contribution in [0.1, 0.15) is 39.7 Å². The van der Waals surface area contributed by atoms with Crippen LogP contribution in [0.4, 0.5) is 10.5 Å². The summed E-state index contributed by atoms with van der Waals surface area (Å²) in [6, 6.07) is 4.08. The zero-order chi connectivity index (χ0) is 17.5. The Morgan fingerprint density at radius 3 is 2.62 bits per heavy atom. The lowest BCUT2D eigenvalue weighted by molar-refractivity contribution is 0.0185. The number of likely N-dealkylation sites (tertiary alicyclic amines) is 1. The van der Waals surface area contributed by atoms with Gasteiger partial charge in [-0.05, 0) is 61.7 Å². The van der Waals surface area contributed by atoms with E-state index in [1.54, 1.807) is 4.90 Å². The molecule has 3 rings (SSSR count). The number of nitrogens with zero attached hydrogens (tertiary/aromatic N) is 3. The lowest BCUT2D eigenvalue weighted by atomic mass is 10.1. The van der Waals surface area contributed by atoms with Crippen molar-refractivity contribution in [3.8, 4) is 0 Å². The summed E-state index contributed by atoms with van der Waals surface area (Å²) in [5, 5.41) is 5.71.